The molecule has 1 unspecified atom stereocenters. The molecule has 0 fully saturated rings. The van der Waals surface area contributed by atoms with E-state index in [2.05, 4.69) is 21.2 Å². The van der Waals surface area contributed by atoms with Crippen LogP contribution in [0.25, 0.3) is 0 Å². The lowest BCUT2D eigenvalue weighted by Gasteiger charge is -2.33. The molecule has 1 heterocycles. The highest BCUT2D eigenvalue weighted by molar-refractivity contribution is 9.10. The first-order valence-electron chi connectivity index (χ1n) is 7.63. The van der Waals surface area contributed by atoms with Gasteiger partial charge in [0, 0.05) is 15.6 Å². The van der Waals surface area contributed by atoms with Crippen molar-refractivity contribution >= 4 is 33.6 Å². The Kier molecular flexibility index (Phi) is 5.25. The van der Waals surface area contributed by atoms with Crippen molar-refractivity contribution in [1.82, 2.24) is 5.32 Å². The van der Waals surface area contributed by atoms with E-state index in [1.807, 2.05) is 24.3 Å². The third kappa shape index (κ3) is 3.43. The highest BCUT2D eigenvalue weighted by Crippen LogP contribution is 2.39. The first kappa shape index (κ1) is 18.4. The molecular formula is C19H15BrClNO4. The predicted molar refractivity (Wildman–Crippen MR) is 102 cm³/mol. The molecule has 2 N–H and O–H groups in total. The zero-order chi connectivity index (χ0) is 18.7. The molecule has 0 aliphatic carbocycles. The van der Waals surface area contributed by atoms with Gasteiger partial charge in [0.25, 0.3) is 5.95 Å². The Labute approximate surface area is 163 Å². The van der Waals surface area contributed by atoms with Gasteiger partial charge in [0.2, 0.25) is 0 Å². The van der Waals surface area contributed by atoms with E-state index >= 15 is 0 Å². The minimum Gasteiger partial charge on any atom is -0.468 e. The van der Waals surface area contributed by atoms with Crippen molar-refractivity contribution in [2.24, 2.45) is 0 Å². The van der Waals surface area contributed by atoms with Gasteiger partial charge >= 0.3 is 6.09 Å². The van der Waals surface area contributed by atoms with Crippen LogP contribution in [-0.2, 0) is 5.54 Å². The maximum absolute atomic E-state index is 11.7. The lowest BCUT2D eigenvalue weighted by molar-refractivity contribution is 0.181. The Morgan fingerprint density at radius 3 is 2.15 bits per heavy atom. The van der Waals surface area contributed by atoms with E-state index < -0.39 is 11.6 Å². The van der Waals surface area contributed by atoms with E-state index in [9.17, 15) is 9.90 Å². The number of hydrogen-bond donors (Lipinski definition) is 2. The van der Waals surface area contributed by atoms with Crippen molar-refractivity contribution < 1.29 is 19.1 Å². The monoisotopic (exact) mass is 435 g/mol. The number of carbonyl (C=O) groups is 1. The van der Waals surface area contributed by atoms with Crippen LogP contribution in [0.1, 0.15) is 16.9 Å². The Morgan fingerprint density at radius 1 is 1.08 bits per heavy atom. The largest absolute Gasteiger partial charge is 0.468 e. The number of benzene rings is 2. The molecule has 7 heteroatoms. The molecule has 26 heavy (non-hydrogen) atoms. The fraction of sp³-hybridized carbons (Fsp3) is 0.105. The van der Waals surface area contributed by atoms with Crippen LogP contribution < -0.4 is 10.1 Å². The Balaban J connectivity index is 2.31. The van der Waals surface area contributed by atoms with Crippen LogP contribution in [0.2, 0.25) is 5.02 Å². The summed E-state index contributed by atoms with van der Waals surface area (Å²) in [4.78, 5) is 11.7. The van der Waals surface area contributed by atoms with Crippen molar-refractivity contribution in [2.75, 3.05) is 7.11 Å². The van der Waals surface area contributed by atoms with E-state index in [0.29, 0.717) is 21.9 Å². The standard InChI is InChI=1S/C19H15BrClNO4/c1-25-17-11-10-16(26-17)19(22-18(23)24,12-2-6-14(20)7-3-12)13-4-8-15(21)9-5-13/h2-11,22H,1H3,(H,23,24). The molecule has 1 atom stereocenters. The second kappa shape index (κ2) is 7.43. The number of ether oxygens (including phenoxy) is 1. The van der Waals surface area contributed by atoms with E-state index in [4.69, 9.17) is 20.8 Å². The topological polar surface area (TPSA) is 71.7 Å². The van der Waals surface area contributed by atoms with Gasteiger partial charge in [-0.15, -0.1) is 0 Å². The van der Waals surface area contributed by atoms with Gasteiger partial charge in [-0.1, -0.05) is 51.8 Å². The number of hydrogen-bond acceptors (Lipinski definition) is 3. The molecule has 5 nitrogen and oxygen atoms in total. The Hall–Kier alpha value is -2.44. The van der Waals surface area contributed by atoms with Gasteiger partial charge in [-0.05, 0) is 41.5 Å². The maximum atomic E-state index is 11.7. The Morgan fingerprint density at radius 2 is 1.65 bits per heavy atom. The molecule has 134 valence electrons. The summed E-state index contributed by atoms with van der Waals surface area (Å²) in [6.45, 7) is 0. The third-order valence-electron chi connectivity index (χ3n) is 4.00. The highest BCUT2D eigenvalue weighted by atomic mass is 79.9. The molecule has 0 radical (unpaired) electrons. The van der Waals surface area contributed by atoms with E-state index in [1.165, 1.54) is 7.11 Å². The van der Waals surface area contributed by atoms with Crippen LogP contribution in [0.3, 0.4) is 0 Å². The zero-order valence-electron chi connectivity index (χ0n) is 13.7. The fourth-order valence-corrected chi connectivity index (χ4v) is 3.24. The first-order chi connectivity index (χ1) is 12.5. The van der Waals surface area contributed by atoms with Crippen molar-refractivity contribution in [3.8, 4) is 5.95 Å². The number of carboxylic acid groups (broad SMARTS) is 1. The average molecular weight is 437 g/mol. The quantitative estimate of drug-likeness (QED) is 0.572. The van der Waals surface area contributed by atoms with Crippen LogP contribution in [0.5, 0.6) is 5.95 Å². The molecule has 2 aromatic carbocycles. The molecule has 1 aromatic heterocycles. The van der Waals surface area contributed by atoms with Gasteiger partial charge in [0.1, 0.15) is 5.76 Å². The molecule has 0 saturated carbocycles. The minimum absolute atomic E-state index is 0.280. The van der Waals surface area contributed by atoms with Gasteiger partial charge in [-0.3, -0.25) is 0 Å². The van der Waals surface area contributed by atoms with E-state index in [-0.39, 0.29) is 5.95 Å². The number of rotatable bonds is 5. The summed E-state index contributed by atoms with van der Waals surface area (Å²) < 4.78 is 11.8. The van der Waals surface area contributed by atoms with Crippen LogP contribution in [-0.4, -0.2) is 18.3 Å². The number of halogens is 2. The Bertz CT molecular complexity index is 861. The lowest BCUT2D eigenvalue weighted by atomic mass is 9.80. The summed E-state index contributed by atoms with van der Waals surface area (Å²) in [6, 6.07) is 17.6. The lowest BCUT2D eigenvalue weighted by Crippen LogP contribution is -2.47. The number of amides is 1. The number of methoxy groups -OCH3 is 1. The molecule has 0 aliphatic heterocycles. The molecule has 0 spiro atoms. The normalized spacial score (nSPS) is 13.0. The molecule has 0 aliphatic rings. The predicted octanol–water partition coefficient (Wildman–Crippen LogP) is 5.26. The number of nitrogens with one attached hydrogen (secondary N) is 1. The van der Waals surface area contributed by atoms with Crippen LogP contribution >= 0.6 is 27.5 Å². The second-order valence-corrected chi connectivity index (χ2v) is 6.87. The van der Waals surface area contributed by atoms with Gasteiger partial charge in [0.05, 0.1) is 7.11 Å². The molecule has 0 bridgehead atoms. The van der Waals surface area contributed by atoms with Crippen LogP contribution in [0, 0.1) is 0 Å². The SMILES string of the molecule is COc1ccc(C(NC(=O)O)(c2ccc(Cl)cc2)c2ccc(Br)cc2)o1. The van der Waals surface area contributed by atoms with Crippen LogP contribution in [0.15, 0.2) is 69.6 Å². The summed E-state index contributed by atoms with van der Waals surface area (Å²) in [5.74, 6) is 0.657. The molecule has 1 amide bonds. The molecule has 3 aromatic rings. The van der Waals surface area contributed by atoms with Gasteiger partial charge < -0.3 is 19.6 Å². The second-order valence-electron chi connectivity index (χ2n) is 5.52. The maximum Gasteiger partial charge on any atom is 0.406 e. The number of furan rings is 1. The summed E-state index contributed by atoms with van der Waals surface area (Å²) in [6.07, 6.45) is -1.20. The minimum atomic E-state index is -1.27. The van der Waals surface area contributed by atoms with Gasteiger partial charge in [-0.25, -0.2) is 4.79 Å². The summed E-state index contributed by atoms with van der Waals surface area (Å²) in [5, 5.41) is 12.8. The molecule has 3 rings (SSSR count). The van der Waals surface area contributed by atoms with E-state index in [1.54, 1.807) is 36.4 Å². The smallest absolute Gasteiger partial charge is 0.406 e. The highest BCUT2D eigenvalue weighted by Gasteiger charge is 2.41. The van der Waals surface area contributed by atoms with Crippen LogP contribution in [0.4, 0.5) is 4.79 Å². The fourth-order valence-electron chi connectivity index (χ4n) is 2.85. The summed E-state index contributed by atoms with van der Waals surface area (Å²) in [7, 11) is 1.48. The first-order valence-corrected chi connectivity index (χ1v) is 8.80. The van der Waals surface area contributed by atoms with Gasteiger partial charge in [0.15, 0.2) is 5.54 Å². The van der Waals surface area contributed by atoms with Crippen molar-refractivity contribution in [1.29, 1.82) is 0 Å². The average Bonchev–Trinajstić information content (AvgIpc) is 3.10. The van der Waals surface area contributed by atoms with Gasteiger partial charge in [-0.2, -0.15) is 0 Å². The molecular weight excluding hydrogens is 422 g/mol. The van der Waals surface area contributed by atoms with Crippen molar-refractivity contribution in [2.45, 2.75) is 5.54 Å². The molecule has 0 saturated heterocycles. The van der Waals surface area contributed by atoms with E-state index in [0.717, 1.165) is 4.47 Å². The zero-order valence-corrected chi connectivity index (χ0v) is 16.0. The van der Waals surface area contributed by atoms with Crippen molar-refractivity contribution in [3.63, 3.8) is 0 Å². The summed E-state index contributed by atoms with van der Waals surface area (Å²) >= 11 is 9.42. The third-order valence-corrected chi connectivity index (χ3v) is 4.78. The van der Waals surface area contributed by atoms with Crippen molar-refractivity contribution in [3.05, 3.63) is 87.0 Å². The summed E-state index contributed by atoms with van der Waals surface area (Å²) in [5.41, 5.74) is 0.0690.